The molecule has 1 amide bonds. The summed E-state index contributed by atoms with van der Waals surface area (Å²) < 4.78 is 0. The fraction of sp³-hybridized carbons (Fsp3) is 0.0769. The van der Waals surface area contributed by atoms with Gasteiger partial charge in [-0.1, -0.05) is 23.7 Å². The van der Waals surface area contributed by atoms with Gasteiger partial charge in [0.25, 0.3) is 5.91 Å². The van der Waals surface area contributed by atoms with Gasteiger partial charge in [-0.3, -0.25) is 4.79 Å². The summed E-state index contributed by atoms with van der Waals surface area (Å²) in [5.41, 5.74) is 1.07. The Morgan fingerprint density at radius 3 is 2.61 bits per heavy atom. The summed E-state index contributed by atoms with van der Waals surface area (Å²) in [4.78, 5) is 16.0. The number of aromatic nitrogens is 1. The number of carbonyl (C=O) groups is 1. The molecule has 0 aliphatic heterocycles. The van der Waals surface area contributed by atoms with E-state index in [2.05, 4.69) is 15.6 Å². The van der Waals surface area contributed by atoms with Crippen molar-refractivity contribution in [2.24, 2.45) is 0 Å². The third kappa shape index (κ3) is 2.78. The molecule has 2 aromatic rings. The topological polar surface area (TPSA) is 54.0 Å². The second kappa shape index (κ2) is 5.51. The van der Waals surface area contributed by atoms with Gasteiger partial charge in [-0.2, -0.15) is 0 Å². The summed E-state index contributed by atoms with van der Waals surface area (Å²) in [6.45, 7) is 0. The monoisotopic (exact) mass is 261 g/mol. The van der Waals surface area contributed by atoms with Crippen LogP contribution in [0.1, 0.15) is 10.4 Å². The Balaban J connectivity index is 2.14. The maximum absolute atomic E-state index is 11.9. The lowest BCUT2D eigenvalue weighted by Crippen LogP contribution is -2.12. The molecule has 0 spiro atoms. The highest BCUT2D eigenvalue weighted by molar-refractivity contribution is 6.33. The first-order chi connectivity index (χ1) is 8.70. The maximum Gasteiger partial charge on any atom is 0.257 e. The van der Waals surface area contributed by atoms with Crippen LogP contribution in [0.4, 0.5) is 11.5 Å². The minimum absolute atomic E-state index is 0.238. The molecule has 0 aliphatic carbocycles. The Kier molecular flexibility index (Phi) is 3.79. The normalized spacial score (nSPS) is 9.89. The van der Waals surface area contributed by atoms with Crippen LogP contribution in [0.3, 0.4) is 0 Å². The van der Waals surface area contributed by atoms with E-state index in [0.29, 0.717) is 22.1 Å². The van der Waals surface area contributed by atoms with E-state index in [1.165, 1.54) is 6.20 Å². The quantitative estimate of drug-likeness (QED) is 0.893. The molecule has 2 N–H and O–H groups in total. The van der Waals surface area contributed by atoms with Crippen molar-refractivity contribution in [2.75, 3.05) is 17.7 Å². The molecular weight excluding hydrogens is 250 g/mol. The van der Waals surface area contributed by atoms with Crippen molar-refractivity contribution in [3.8, 4) is 0 Å². The zero-order chi connectivity index (χ0) is 13.0. The van der Waals surface area contributed by atoms with Crippen LogP contribution in [0.2, 0.25) is 5.02 Å². The molecule has 1 heterocycles. The van der Waals surface area contributed by atoms with Crippen LogP contribution < -0.4 is 10.6 Å². The first kappa shape index (κ1) is 12.4. The fourth-order valence-corrected chi connectivity index (χ4v) is 1.62. The van der Waals surface area contributed by atoms with Crippen molar-refractivity contribution in [3.05, 3.63) is 53.2 Å². The second-order valence-electron chi connectivity index (χ2n) is 3.62. The molecule has 0 radical (unpaired) electrons. The highest BCUT2D eigenvalue weighted by Gasteiger charge is 2.08. The highest BCUT2D eigenvalue weighted by Crippen LogP contribution is 2.21. The van der Waals surface area contributed by atoms with Gasteiger partial charge >= 0.3 is 0 Å². The predicted octanol–water partition coefficient (Wildman–Crippen LogP) is 3.03. The lowest BCUT2D eigenvalue weighted by Gasteiger charge is -2.07. The molecule has 0 fully saturated rings. The first-order valence-corrected chi connectivity index (χ1v) is 5.78. The average Bonchev–Trinajstić information content (AvgIpc) is 2.41. The minimum atomic E-state index is -0.238. The molecule has 18 heavy (non-hydrogen) atoms. The van der Waals surface area contributed by atoms with Gasteiger partial charge in [0, 0.05) is 13.2 Å². The third-order valence-electron chi connectivity index (χ3n) is 2.40. The standard InChI is InChI=1S/C13H12ClN3O/c1-15-12-7-6-9(8-16-12)13(18)17-11-5-3-2-4-10(11)14/h2-8H,1H3,(H,15,16)(H,17,18). The SMILES string of the molecule is CNc1ccc(C(=O)Nc2ccccc2Cl)cn1. The molecule has 2 rings (SSSR count). The third-order valence-corrected chi connectivity index (χ3v) is 2.73. The second-order valence-corrected chi connectivity index (χ2v) is 4.02. The van der Waals surface area contributed by atoms with E-state index in [0.717, 1.165) is 0 Å². The number of halogens is 1. The van der Waals surface area contributed by atoms with Crippen LogP contribution in [-0.2, 0) is 0 Å². The molecule has 0 saturated heterocycles. The van der Waals surface area contributed by atoms with E-state index < -0.39 is 0 Å². The number of carbonyl (C=O) groups excluding carboxylic acids is 1. The van der Waals surface area contributed by atoms with Crippen LogP contribution in [0, 0.1) is 0 Å². The number of amides is 1. The summed E-state index contributed by atoms with van der Waals surface area (Å²) in [6.07, 6.45) is 1.51. The van der Waals surface area contributed by atoms with Crippen LogP contribution in [0.5, 0.6) is 0 Å². The fourth-order valence-electron chi connectivity index (χ4n) is 1.43. The van der Waals surface area contributed by atoms with E-state index in [4.69, 9.17) is 11.6 Å². The molecule has 1 aromatic carbocycles. The zero-order valence-electron chi connectivity index (χ0n) is 9.77. The number of nitrogens with zero attached hydrogens (tertiary/aromatic N) is 1. The van der Waals surface area contributed by atoms with Gasteiger partial charge in [0.2, 0.25) is 0 Å². The highest BCUT2D eigenvalue weighted by atomic mass is 35.5. The Bertz CT molecular complexity index is 554. The van der Waals surface area contributed by atoms with Gasteiger partial charge in [0.1, 0.15) is 5.82 Å². The van der Waals surface area contributed by atoms with Crippen molar-refractivity contribution in [1.29, 1.82) is 0 Å². The Hall–Kier alpha value is -2.07. The van der Waals surface area contributed by atoms with Crippen molar-refractivity contribution >= 4 is 29.0 Å². The Labute approximate surface area is 110 Å². The van der Waals surface area contributed by atoms with Crippen molar-refractivity contribution in [3.63, 3.8) is 0 Å². The van der Waals surface area contributed by atoms with Gasteiger partial charge in [0.15, 0.2) is 0 Å². The number of hydrogen-bond donors (Lipinski definition) is 2. The molecule has 4 nitrogen and oxygen atoms in total. The molecule has 1 aromatic heterocycles. The van der Waals surface area contributed by atoms with E-state index >= 15 is 0 Å². The van der Waals surface area contributed by atoms with E-state index in [1.54, 1.807) is 37.4 Å². The lowest BCUT2D eigenvalue weighted by molar-refractivity contribution is 0.102. The molecule has 0 atom stereocenters. The van der Waals surface area contributed by atoms with Gasteiger partial charge in [-0.15, -0.1) is 0 Å². The number of rotatable bonds is 3. The number of hydrogen-bond acceptors (Lipinski definition) is 3. The molecule has 0 aliphatic rings. The van der Waals surface area contributed by atoms with Gasteiger partial charge in [-0.05, 0) is 24.3 Å². The van der Waals surface area contributed by atoms with Gasteiger partial charge in [0.05, 0.1) is 16.3 Å². The van der Waals surface area contributed by atoms with E-state index in [9.17, 15) is 4.79 Å². The zero-order valence-corrected chi connectivity index (χ0v) is 10.5. The van der Waals surface area contributed by atoms with Crippen LogP contribution >= 0.6 is 11.6 Å². The van der Waals surface area contributed by atoms with E-state index in [1.807, 2.05) is 6.07 Å². The molecule has 0 unspecified atom stereocenters. The number of benzene rings is 1. The molecule has 0 saturated carbocycles. The summed E-state index contributed by atoms with van der Waals surface area (Å²) in [7, 11) is 1.77. The number of anilines is 2. The van der Waals surface area contributed by atoms with Crippen LogP contribution in [-0.4, -0.2) is 17.9 Å². The summed E-state index contributed by atoms with van der Waals surface area (Å²) in [5, 5.41) is 6.13. The van der Waals surface area contributed by atoms with Gasteiger partial charge in [-0.25, -0.2) is 4.98 Å². The first-order valence-electron chi connectivity index (χ1n) is 5.40. The van der Waals surface area contributed by atoms with Crippen LogP contribution in [0.15, 0.2) is 42.6 Å². The van der Waals surface area contributed by atoms with E-state index in [-0.39, 0.29) is 5.91 Å². The van der Waals surface area contributed by atoms with Gasteiger partial charge < -0.3 is 10.6 Å². The predicted molar refractivity (Wildman–Crippen MR) is 73.2 cm³/mol. The number of nitrogens with one attached hydrogen (secondary N) is 2. The lowest BCUT2D eigenvalue weighted by atomic mass is 10.2. The average molecular weight is 262 g/mol. The molecule has 92 valence electrons. The summed E-state index contributed by atoms with van der Waals surface area (Å²) >= 11 is 5.96. The number of pyridine rings is 1. The molecule has 5 heteroatoms. The number of para-hydroxylation sites is 1. The summed E-state index contributed by atoms with van der Waals surface area (Å²) in [5.74, 6) is 0.475. The molecule has 0 bridgehead atoms. The van der Waals surface area contributed by atoms with Crippen molar-refractivity contribution < 1.29 is 4.79 Å². The Morgan fingerprint density at radius 2 is 2.00 bits per heavy atom. The summed E-state index contributed by atoms with van der Waals surface area (Å²) in [6, 6.07) is 10.5. The van der Waals surface area contributed by atoms with Crippen LogP contribution in [0.25, 0.3) is 0 Å². The Morgan fingerprint density at radius 1 is 1.22 bits per heavy atom. The largest absolute Gasteiger partial charge is 0.373 e. The van der Waals surface area contributed by atoms with Crippen molar-refractivity contribution in [2.45, 2.75) is 0 Å². The minimum Gasteiger partial charge on any atom is -0.373 e. The molecular formula is C13H12ClN3O. The van der Waals surface area contributed by atoms with Crippen molar-refractivity contribution in [1.82, 2.24) is 4.98 Å². The smallest absolute Gasteiger partial charge is 0.257 e. The maximum atomic E-state index is 11.9.